The molecule has 1 aliphatic heterocycles. The zero-order chi connectivity index (χ0) is 15.2. The highest BCUT2D eigenvalue weighted by molar-refractivity contribution is 5.35. The Balaban J connectivity index is 1.77. The first-order valence-electron chi connectivity index (χ1n) is 8.14. The van der Waals surface area contributed by atoms with Crippen LogP contribution in [-0.4, -0.2) is 31.1 Å². The molecule has 22 heavy (non-hydrogen) atoms. The molecule has 1 fully saturated rings. The van der Waals surface area contributed by atoms with E-state index in [-0.39, 0.29) is 0 Å². The van der Waals surface area contributed by atoms with Crippen LogP contribution in [0.2, 0.25) is 0 Å². The number of rotatable bonds is 5. The monoisotopic (exact) mass is 296 g/mol. The molecule has 3 rings (SSSR count). The van der Waals surface area contributed by atoms with E-state index in [0.717, 1.165) is 44.1 Å². The van der Waals surface area contributed by atoms with Crippen molar-refractivity contribution in [3.05, 3.63) is 60.2 Å². The van der Waals surface area contributed by atoms with Crippen LogP contribution in [-0.2, 0) is 0 Å². The maximum absolute atomic E-state index is 5.97. The quantitative estimate of drug-likeness (QED) is 0.907. The van der Waals surface area contributed by atoms with Gasteiger partial charge < -0.3 is 10.1 Å². The molecule has 0 aromatic heterocycles. The third-order valence-electron chi connectivity index (χ3n) is 4.20. The molecule has 1 N–H and O–H groups in total. The molecule has 0 amide bonds. The molecular formula is C19H24N2O. The van der Waals surface area contributed by atoms with E-state index in [0.29, 0.717) is 6.04 Å². The van der Waals surface area contributed by atoms with Crippen LogP contribution < -0.4 is 10.1 Å². The Morgan fingerprint density at radius 3 is 2.45 bits per heavy atom. The second-order valence-electron chi connectivity index (χ2n) is 5.70. The smallest absolute Gasteiger partial charge is 0.127 e. The number of piperazine rings is 1. The van der Waals surface area contributed by atoms with Gasteiger partial charge in [-0.3, -0.25) is 4.90 Å². The van der Waals surface area contributed by atoms with Gasteiger partial charge in [-0.15, -0.1) is 0 Å². The van der Waals surface area contributed by atoms with Crippen molar-refractivity contribution in [3.8, 4) is 11.5 Å². The average Bonchev–Trinajstić information content (AvgIpc) is 2.58. The Bertz CT molecular complexity index is 579. The average molecular weight is 296 g/mol. The van der Waals surface area contributed by atoms with Crippen LogP contribution in [0, 0.1) is 0 Å². The van der Waals surface area contributed by atoms with Crippen molar-refractivity contribution in [2.24, 2.45) is 0 Å². The number of hydrogen-bond donors (Lipinski definition) is 1. The van der Waals surface area contributed by atoms with E-state index in [1.165, 1.54) is 5.56 Å². The lowest BCUT2D eigenvalue weighted by Crippen LogP contribution is -2.45. The molecule has 1 atom stereocenters. The lowest BCUT2D eigenvalue weighted by atomic mass is 10.0. The van der Waals surface area contributed by atoms with Crippen molar-refractivity contribution in [1.82, 2.24) is 10.2 Å². The lowest BCUT2D eigenvalue weighted by Gasteiger charge is -2.34. The largest absolute Gasteiger partial charge is 0.457 e. The van der Waals surface area contributed by atoms with Gasteiger partial charge in [0.25, 0.3) is 0 Å². The van der Waals surface area contributed by atoms with Gasteiger partial charge in [-0.25, -0.2) is 0 Å². The first-order valence-corrected chi connectivity index (χ1v) is 8.14. The Morgan fingerprint density at radius 2 is 1.73 bits per heavy atom. The number of para-hydroxylation sites is 1. The Morgan fingerprint density at radius 1 is 1.00 bits per heavy atom. The van der Waals surface area contributed by atoms with Crippen molar-refractivity contribution in [2.75, 3.05) is 26.2 Å². The minimum atomic E-state index is 0.474. The summed E-state index contributed by atoms with van der Waals surface area (Å²) in [6.45, 7) is 6.65. The zero-order valence-electron chi connectivity index (χ0n) is 13.2. The lowest BCUT2D eigenvalue weighted by molar-refractivity contribution is 0.169. The van der Waals surface area contributed by atoms with E-state index >= 15 is 0 Å². The minimum absolute atomic E-state index is 0.474. The highest BCUT2D eigenvalue weighted by Crippen LogP contribution is 2.29. The Labute approximate surface area is 132 Å². The topological polar surface area (TPSA) is 24.5 Å². The normalized spacial score (nSPS) is 17.1. The fraction of sp³-hybridized carbons (Fsp3) is 0.368. The summed E-state index contributed by atoms with van der Waals surface area (Å²) in [7, 11) is 0. The summed E-state index contributed by atoms with van der Waals surface area (Å²) in [5, 5.41) is 3.42. The number of ether oxygens (including phenoxy) is 1. The van der Waals surface area contributed by atoms with E-state index < -0.39 is 0 Å². The fourth-order valence-corrected chi connectivity index (χ4v) is 3.11. The van der Waals surface area contributed by atoms with Crippen LogP contribution in [0.1, 0.15) is 24.9 Å². The van der Waals surface area contributed by atoms with Gasteiger partial charge >= 0.3 is 0 Å². The molecule has 116 valence electrons. The third-order valence-corrected chi connectivity index (χ3v) is 4.20. The van der Waals surface area contributed by atoms with Crippen LogP contribution >= 0.6 is 0 Å². The van der Waals surface area contributed by atoms with E-state index in [4.69, 9.17) is 4.74 Å². The van der Waals surface area contributed by atoms with Crippen molar-refractivity contribution in [2.45, 2.75) is 19.4 Å². The van der Waals surface area contributed by atoms with Gasteiger partial charge in [0.2, 0.25) is 0 Å². The molecule has 0 radical (unpaired) electrons. The highest BCUT2D eigenvalue weighted by Gasteiger charge is 2.20. The summed E-state index contributed by atoms with van der Waals surface area (Å²) >= 11 is 0. The first kappa shape index (κ1) is 15.1. The van der Waals surface area contributed by atoms with Gasteiger partial charge in [-0.05, 0) is 36.2 Å². The maximum Gasteiger partial charge on any atom is 0.127 e. The predicted molar refractivity (Wildman–Crippen MR) is 90.4 cm³/mol. The second kappa shape index (κ2) is 7.43. The van der Waals surface area contributed by atoms with Gasteiger partial charge in [-0.2, -0.15) is 0 Å². The molecule has 3 nitrogen and oxygen atoms in total. The number of nitrogens with one attached hydrogen (secondary N) is 1. The Kier molecular flexibility index (Phi) is 5.09. The molecular weight excluding hydrogens is 272 g/mol. The third kappa shape index (κ3) is 3.67. The second-order valence-corrected chi connectivity index (χ2v) is 5.70. The van der Waals surface area contributed by atoms with Crippen LogP contribution in [0.3, 0.4) is 0 Å². The molecule has 1 heterocycles. The van der Waals surface area contributed by atoms with E-state index in [2.05, 4.69) is 35.3 Å². The molecule has 0 aliphatic carbocycles. The maximum atomic E-state index is 5.97. The van der Waals surface area contributed by atoms with Gasteiger partial charge in [0, 0.05) is 32.2 Å². The van der Waals surface area contributed by atoms with Crippen molar-refractivity contribution in [1.29, 1.82) is 0 Å². The van der Waals surface area contributed by atoms with E-state index in [1.54, 1.807) is 0 Å². The SMILES string of the molecule is CCC(c1cccc(Oc2ccccc2)c1)N1CCNCC1. The molecule has 3 heteroatoms. The summed E-state index contributed by atoms with van der Waals surface area (Å²) in [6, 6.07) is 19.0. The van der Waals surface area contributed by atoms with Gasteiger partial charge in [0.1, 0.15) is 11.5 Å². The van der Waals surface area contributed by atoms with E-state index in [1.807, 2.05) is 36.4 Å². The van der Waals surface area contributed by atoms with Gasteiger partial charge in [0.05, 0.1) is 0 Å². The fourth-order valence-electron chi connectivity index (χ4n) is 3.11. The summed E-state index contributed by atoms with van der Waals surface area (Å²) < 4.78 is 5.97. The van der Waals surface area contributed by atoms with Crippen LogP contribution in [0.15, 0.2) is 54.6 Å². The van der Waals surface area contributed by atoms with Gasteiger partial charge in [0.15, 0.2) is 0 Å². The van der Waals surface area contributed by atoms with Crippen molar-refractivity contribution < 1.29 is 4.74 Å². The molecule has 0 saturated carbocycles. The number of hydrogen-bond acceptors (Lipinski definition) is 3. The summed E-state index contributed by atoms with van der Waals surface area (Å²) in [5.74, 6) is 1.80. The molecule has 2 aromatic carbocycles. The highest BCUT2D eigenvalue weighted by atomic mass is 16.5. The first-order chi connectivity index (χ1) is 10.9. The van der Waals surface area contributed by atoms with Crippen LogP contribution in [0.5, 0.6) is 11.5 Å². The summed E-state index contributed by atoms with van der Waals surface area (Å²) in [6.07, 6.45) is 1.12. The zero-order valence-corrected chi connectivity index (χ0v) is 13.2. The number of nitrogens with zero attached hydrogens (tertiary/aromatic N) is 1. The number of benzene rings is 2. The predicted octanol–water partition coefficient (Wildman–Crippen LogP) is 3.84. The molecule has 1 unspecified atom stereocenters. The molecule has 0 spiro atoms. The standard InChI is InChI=1S/C19H24N2O/c1-2-19(21-13-11-20-12-14-21)16-7-6-10-18(15-16)22-17-8-4-3-5-9-17/h3-10,15,19-20H,2,11-14H2,1H3. The van der Waals surface area contributed by atoms with Crippen molar-refractivity contribution >= 4 is 0 Å². The van der Waals surface area contributed by atoms with E-state index in [9.17, 15) is 0 Å². The molecule has 2 aromatic rings. The van der Waals surface area contributed by atoms with Gasteiger partial charge in [-0.1, -0.05) is 37.3 Å². The minimum Gasteiger partial charge on any atom is -0.457 e. The Hall–Kier alpha value is -1.84. The summed E-state index contributed by atoms with van der Waals surface area (Å²) in [5.41, 5.74) is 1.35. The summed E-state index contributed by atoms with van der Waals surface area (Å²) in [4.78, 5) is 2.57. The molecule has 0 bridgehead atoms. The van der Waals surface area contributed by atoms with Crippen LogP contribution in [0.25, 0.3) is 0 Å². The van der Waals surface area contributed by atoms with Crippen molar-refractivity contribution in [3.63, 3.8) is 0 Å². The van der Waals surface area contributed by atoms with Crippen LogP contribution in [0.4, 0.5) is 0 Å². The molecule has 1 saturated heterocycles. The molecule has 1 aliphatic rings.